The van der Waals surface area contributed by atoms with Crippen molar-refractivity contribution in [1.29, 1.82) is 0 Å². The van der Waals surface area contributed by atoms with E-state index in [9.17, 15) is 19.8 Å². The van der Waals surface area contributed by atoms with Crippen LogP contribution in [-0.2, 0) is 38.0 Å². The highest BCUT2D eigenvalue weighted by Crippen LogP contribution is 2.87. The summed E-state index contributed by atoms with van der Waals surface area (Å²) < 4.78 is 43.8. The molecule has 16 nitrogen and oxygen atoms in total. The molecule has 18 unspecified atom stereocenters. The lowest BCUT2D eigenvalue weighted by Crippen LogP contribution is -2.56. The fourth-order valence-corrected chi connectivity index (χ4v) is 19.7. The van der Waals surface area contributed by atoms with Crippen LogP contribution in [0.4, 0.5) is 4.79 Å². The van der Waals surface area contributed by atoms with E-state index in [1.54, 1.807) is 0 Å². The minimum Gasteiger partial charge on any atom is -0.390 e. The van der Waals surface area contributed by atoms with Crippen molar-refractivity contribution in [2.75, 3.05) is 97.9 Å². The third kappa shape index (κ3) is 12.9. The highest BCUT2D eigenvalue weighted by Gasteiger charge is 2.82. The van der Waals surface area contributed by atoms with E-state index >= 15 is 0 Å². The second kappa shape index (κ2) is 26.1. The lowest BCUT2D eigenvalue weighted by molar-refractivity contribution is -0.245. The molecule has 9 fully saturated rings. The summed E-state index contributed by atoms with van der Waals surface area (Å²) in [7, 11) is 0. The van der Waals surface area contributed by atoms with Gasteiger partial charge in [-0.25, -0.2) is 4.79 Å². The maximum atomic E-state index is 12.8. The predicted octanol–water partition coefficient (Wildman–Crippen LogP) is 6.92. The number of rotatable bonds is 29. The Balaban J connectivity index is 0.608. The zero-order valence-corrected chi connectivity index (χ0v) is 49.6. The molecule has 4 heterocycles. The first-order valence-corrected chi connectivity index (χ1v) is 32.1. The number of amides is 3. The number of morpholine rings is 1. The molecule has 4 aliphatic heterocycles. The van der Waals surface area contributed by atoms with Gasteiger partial charge >= 0.3 is 6.03 Å². The van der Waals surface area contributed by atoms with Crippen molar-refractivity contribution in [3.05, 3.63) is 0 Å². The second-order valence-electron chi connectivity index (χ2n) is 26.9. The van der Waals surface area contributed by atoms with Crippen molar-refractivity contribution < 1.29 is 53.0 Å². The number of carbonyl (C=O) groups is 2. The van der Waals surface area contributed by atoms with Crippen LogP contribution in [0.2, 0.25) is 0 Å². The first-order valence-electron chi connectivity index (χ1n) is 31.0. The summed E-state index contributed by atoms with van der Waals surface area (Å²) in [5.41, 5.74) is -0.629. The van der Waals surface area contributed by atoms with Gasteiger partial charge in [0.1, 0.15) is 6.10 Å². The summed E-state index contributed by atoms with van der Waals surface area (Å²) >= 11 is 1.92. The van der Waals surface area contributed by atoms with E-state index < -0.39 is 17.8 Å². The number of ether oxygens (including phenoxy) is 7. The van der Waals surface area contributed by atoms with Crippen molar-refractivity contribution in [1.82, 2.24) is 26.2 Å². The summed E-state index contributed by atoms with van der Waals surface area (Å²) in [6.45, 7) is 28.1. The Bertz CT molecular complexity index is 1920. The molecule has 18 atom stereocenters. The van der Waals surface area contributed by atoms with Crippen molar-refractivity contribution in [2.24, 2.45) is 57.2 Å². The number of aliphatic hydroxyl groups is 2. The number of nitrogens with one attached hydrogen (secondary N) is 4. The Morgan fingerprint density at radius 3 is 2.35 bits per heavy atom. The average molecular weight is 1100 g/mol. The molecule has 5 aliphatic carbocycles. The molecule has 0 bridgehead atoms. The molecule has 9 aliphatic rings. The van der Waals surface area contributed by atoms with Crippen LogP contribution in [0.5, 0.6) is 0 Å². The smallest absolute Gasteiger partial charge is 0.315 e. The number of fused-ring (bicyclic) bond motifs is 5. The van der Waals surface area contributed by atoms with Gasteiger partial charge in [-0.05, 0) is 176 Å². The number of hydrogen-bond donors (Lipinski definition) is 6. The van der Waals surface area contributed by atoms with Crippen LogP contribution >= 0.6 is 11.8 Å². The van der Waals surface area contributed by atoms with Gasteiger partial charge < -0.3 is 64.6 Å². The van der Waals surface area contributed by atoms with E-state index in [4.69, 9.17) is 33.2 Å². The molecule has 77 heavy (non-hydrogen) atoms. The molecular formula is C60H105N5O11S. The number of carbonyl (C=O) groups excluding carboxylic acids is 2. The quantitative estimate of drug-likeness (QED) is 0.0335. The average Bonchev–Trinajstić information content (AvgIpc) is 2.46. The molecule has 0 aromatic carbocycles. The summed E-state index contributed by atoms with van der Waals surface area (Å²) in [6, 6.07) is 0.431. The zero-order valence-electron chi connectivity index (χ0n) is 48.8. The first-order chi connectivity index (χ1) is 36.9. The van der Waals surface area contributed by atoms with Crippen LogP contribution in [0.15, 0.2) is 0 Å². The number of unbranched alkanes of at least 4 members (excludes halogenated alkanes) is 1. The third-order valence-electron chi connectivity index (χ3n) is 21.5. The maximum absolute atomic E-state index is 12.8. The van der Waals surface area contributed by atoms with E-state index in [2.05, 4.69) is 60.8 Å². The van der Waals surface area contributed by atoms with E-state index in [0.29, 0.717) is 112 Å². The summed E-state index contributed by atoms with van der Waals surface area (Å²) in [6.07, 6.45) is 14.1. The molecule has 0 aromatic rings. The second-order valence-corrected chi connectivity index (χ2v) is 28.2. The zero-order chi connectivity index (χ0) is 54.6. The number of hydrogen-bond acceptors (Lipinski definition) is 14. The minimum absolute atomic E-state index is 0.0340. The molecule has 442 valence electrons. The van der Waals surface area contributed by atoms with E-state index in [-0.39, 0.29) is 64.9 Å². The van der Waals surface area contributed by atoms with Crippen LogP contribution < -0.4 is 21.3 Å². The van der Waals surface area contributed by atoms with Crippen molar-refractivity contribution >= 4 is 23.7 Å². The fraction of sp³-hybridized carbons (Fsp3) is 0.967. The Labute approximate surface area is 467 Å². The molecule has 9 rings (SSSR count). The first kappa shape index (κ1) is 60.2. The van der Waals surface area contributed by atoms with Crippen molar-refractivity contribution in [2.45, 2.75) is 211 Å². The van der Waals surface area contributed by atoms with Gasteiger partial charge in [0.25, 0.3) is 0 Å². The Kier molecular flexibility index (Phi) is 20.4. The summed E-state index contributed by atoms with van der Waals surface area (Å²) in [5.74, 6) is 3.78. The summed E-state index contributed by atoms with van der Waals surface area (Å²) in [5, 5.41) is 37.1. The lowest BCUT2D eigenvalue weighted by atomic mass is 9.48. The third-order valence-corrected chi connectivity index (χ3v) is 23.0. The Morgan fingerprint density at radius 1 is 0.896 bits per heavy atom. The number of urea groups is 1. The van der Waals surface area contributed by atoms with Crippen molar-refractivity contribution in [3.8, 4) is 0 Å². The molecule has 0 radical (unpaired) electrons. The van der Waals surface area contributed by atoms with E-state index in [1.807, 2.05) is 32.5 Å². The van der Waals surface area contributed by atoms with Gasteiger partial charge in [-0.2, -0.15) is 11.8 Å². The SMILES string of the molecule is CCOC(C1CC(C)C2C(O1)C(O)C1(C)C2C(C)CCC23CC24CCC(OC2CN(CCCNCCCOCCOCCOCCCNC(=O)CCCCC5SCC6NC(=O)NC65)CCO2)C(C)(C)C4CCC13)C(C)(C)O. The van der Waals surface area contributed by atoms with Crippen LogP contribution in [0.3, 0.4) is 0 Å². The van der Waals surface area contributed by atoms with Crippen molar-refractivity contribution in [3.63, 3.8) is 0 Å². The number of thioether (sulfide) groups is 1. The standard InChI is InChI=1S/C60H105N5O11S/c1-9-73-54(57(6,7)69)42-35-40(3)49-50-39(2)19-21-60-38-59(60)22-20-46(56(4,5)44(59)17-18-45(60)58(50,8)53(67)52(49)75-42)76-48-36-65(27-30-74-48)26-12-23-61-24-13-28-70-31-33-72-34-32-71-29-14-25-62-47(66)16-11-10-15-43-51-41(37-77-43)63-55(68)64-51/h39-46,48-54,61,67,69H,9-38H2,1-8H3,(H,62,66)(H2,63,64,68). The highest BCUT2D eigenvalue weighted by atomic mass is 32.2. The largest absolute Gasteiger partial charge is 0.390 e. The molecule has 2 spiro atoms. The molecule has 6 N–H and O–H groups in total. The van der Waals surface area contributed by atoms with Gasteiger partial charge in [0.2, 0.25) is 5.91 Å². The van der Waals surface area contributed by atoms with Gasteiger partial charge in [0.15, 0.2) is 6.29 Å². The number of aliphatic hydroxyl groups excluding tert-OH is 1. The van der Waals surface area contributed by atoms with Crippen LogP contribution in [0.1, 0.15) is 152 Å². The number of nitrogens with zero attached hydrogens (tertiary/aromatic N) is 1. The van der Waals surface area contributed by atoms with Gasteiger partial charge in [-0.3, -0.25) is 9.69 Å². The van der Waals surface area contributed by atoms with Crippen LogP contribution in [-0.4, -0.2) is 185 Å². The molecule has 5 saturated carbocycles. The normalized spacial score (nSPS) is 40.5. The van der Waals surface area contributed by atoms with Gasteiger partial charge in [-0.15, -0.1) is 0 Å². The summed E-state index contributed by atoms with van der Waals surface area (Å²) in [4.78, 5) is 26.3. The van der Waals surface area contributed by atoms with Crippen LogP contribution in [0, 0.1) is 57.2 Å². The maximum Gasteiger partial charge on any atom is 0.315 e. The highest BCUT2D eigenvalue weighted by molar-refractivity contribution is 8.00. The van der Waals surface area contributed by atoms with Gasteiger partial charge in [0, 0.05) is 62.3 Å². The van der Waals surface area contributed by atoms with Gasteiger partial charge in [-0.1, -0.05) is 41.0 Å². The van der Waals surface area contributed by atoms with Gasteiger partial charge in [0.05, 0.1) is 75.1 Å². The fourth-order valence-electron chi connectivity index (χ4n) is 18.1. The van der Waals surface area contributed by atoms with Crippen LogP contribution in [0.25, 0.3) is 0 Å². The minimum atomic E-state index is -1.03. The monoisotopic (exact) mass is 1100 g/mol. The van der Waals surface area contributed by atoms with E-state index in [0.717, 1.165) is 89.8 Å². The molecule has 0 aromatic heterocycles. The topological polar surface area (TPSA) is 191 Å². The molecule has 4 saturated heterocycles. The molecular weight excluding hydrogens is 999 g/mol. The molecule has 17 heteroatoms. The Hall–Kier alpha value is -1.35. The Morgan fingerprint density at radius 2 is 1.60 bits per heavy atom. The lowest BCUT2D eigenvalue weighted by Gasteiger charge is -2.58. The molecule has 3 amide bonds. The predicted molar refractivity (Wildman–Crippen MR) is 300 cm³/mol. The van der Waals surface area contributed by atoms with E-state index in [1.165, 1.54) is 38.5 Å².